The number of rotatable bonds is 4. The first-order valence-corrected chi connectivity index (χ1v) is 11.7. The summed E-state index contributed by atoms with van der Waals surface area (Å²) in [6.07, 6.45) is 12.5. The Morgan fingerprint density at radius 1 is 0.968 bits per heavy atom. The standard InChI is InChI=1S/C23H35FN6O/c1-31-20-14-13-18(15-19(20)24)30-21(25)28-22(26-16-9-5-2-3-6-10-16)29-23(30)27-17-11-7-4-8-12-17/h13-17,21H,2-12,25H2,1H3,(H2,26,27,28,29). The Kier molecular flexibility index (Phi) is 7.27. The van der Waals surface area contributed by atoms with E-state index in [4.69, 9.17) is 15.5 Å². The highest BCUT2D eigenvalue weighted by molar-refractivity contribution is 6.06. The van der Waals surface area contributed by atoms with Crippen molar-refractivity contribution in [1.82, 2.24) is 10.6 Å². The van der Waals surface area contributed by atoms with Gasteiger partial charge in [-0.3, -0.25) is 10.6 Å². The zero-order valence-corrected chi connectivity index (χ0v) is 18.4. The minimum atomic E-state index is -0.690. The molecule has 1 unspecified atom stereocenters. The third-order valence-electron chi connectivity index (χ3n) is 6.50. The Bertz CT molecular complexity index is 799. The number of methoxy groups -OCH3 is 1. The van der Waals surface area contributed by atoms with Gasteiger partial charge in [-0.25, -0.2) is 9.38 Å². The van der Waals surface area contributed by atoms with Gasteiger partial charge in [0.25, 0.3) is 0 Å². The molecule has 0 radical (unpaired) electrons. The molecule has 31 heavy (non-hydrogen) atoms. The second kappa shape index (κ2) is 10.3. The smallest absolute Gasteiger partial charge is 0.224 e. The highest BCUT2D eigenvalue weighted by Gasteiger charge is 2.29. The van der Waals surface area contributed by atoms with Crippen LogP contribution in [0.1, 0.15) is 70.6 Å². The second-order valence-electron chi connectivity index (χ2n) is 8.80. The highest BCUT2D eigenvalue weighted by Crippen LogP contribution is 2.27. The maximum atomic E-state index is 14.4. The van der Waals surface area contributed by atoms with Crippen molar-refractivity contribution in [2.24, 2.45) is 15.7 Å². The van der Waals surface area contributed by atoms with Crippen LogP contribution in [0, 0.1) is 5.82 Å². The first-order valence-electron chi connectivity index (χ1n) is 11.7. The topological polar surface area (TPSA) is 87.3 Å². The van der Waals surface area contributed by atoms with E-state index in [0.717, 1.165) is 25.7 Å². The van der Waals surface area contributed by atoms with Gasteiger partial charge in [-0.15, -0.1) is 0 Å². The molecule has 2 fully saturated rings. The Hall–Kier alpha value is -2.35. The fraction of sp³-hybridized carbons (Fsp3) is 0.652. The van der Waals surface area contributed by atoms with Crippen molar-refractivity contribution >= 4 is 17.6 Å². The van der Waals surface area contributed by atoms with Gasteiger partial charge in [0.15, 0.2) is 17.9 Å². The summed E-state index contributed by atoms with van der Waals surface area (Å²) < 4.78 is 19.5. The summed E-state index contributed by atoms with van der Waals surface area (Å²) in [5, 5.41) is 7.10. The van der Waals surface area contributed by atoms with E-state index in [0.29, 0.717) is 29.7 Å². The lowest BCUT2D eigenvalue weighted by atomic mass is 9.96. The minimum Gasteiger partial charge on any atom is -0.494 e. The van der Waals surface area contributed by atoms with E-state index in [1.54, 1.807) is 17.0 Å². The van der Waals surface area contributed by atoms with Crippen molar-refractivity contribution in [3.05, 3.63) is 24.0 Å². The molecule has 8 heteroatoms. The lowest BCUT2D eigenvalue weighted by Crippen LogP contribution is -2.57. The number of nitrogens with zero attached hydrogens (tertiary/aromatic N) is 3. The summed E-state index contributed by atoms with van der Waals surface area (Å²) in [6.45, 7) is 0. The summed E-state index contributed by atoms with van der Waals surface area (Å²) in [6, 6.07) is 5.54. The van der Waals surface area contributed by atoms with E-state index in [-0.39, 0.29) is 5.75 Å². The molecular weight excluding hydrogens is 395 g/mol. The molecule has 0 amide bonds. The van der Waals surface area contributed by atoms with Crippen molar-refractivity contribution in [1.29, 1.82) is 0 Å². The molecule has 1 aromatic rings. The largest absolute Gasteiger partial charge is 0.494 e. The number of aliphatic imine (C=N–C) groups is 2. The molecule has 4 N–H and O–H groups in total. The number of benzene rings is 1. The van der Waals surface area contributed by atoms with E-state index in [1.165, 1.54) is 58.1 Å². The van der Waals surface area contributed by atoms with Crippen molar-refractivity contribution in [2.45, 2.75) is 89.0 Å². The maximum absolute atomic E-state index is 14.4. The van der Waals surface area contributed by atoms with Crippen molar-refractivity contribution in [3.63, 3.8) is 0 Å². The normalized spacial score (nSPS) is 23.6. The molecule has 0 bridgehead atoms. The molecule has 0 aromatic heterocycles. The Morgan fingerprint density at radius 3 is 2.19 bits per heavy atom. The van der Waals surface area contributed by atoms with Crippen LogP contribution in [0.2, 0.25) is 0 Å². The van der Waals surface area contributed by atoms with Crippen LogP contribution in [0.5, 0.6) is 5.75 Å². The molecule has 1 heterocycles. The molecule has 7 nitrogen and oxygen atoms in total. The molecule has 2 saturated carbocycles. The van der Waals surface area contributed by atoms with Gasteiger partial charge in [-0.1, -0.05) is 44.9 Å². The van der Waals surface area contributed by atoms with Crippen LogP contribution >= 0.6 is 0 Å². The average Bonchev–Trinajstić information content (AvgIpc) is 3.03. The number of nitrogens with one attached hydrogen (secondary N) is 2. The molecule has 1 atom stereocenters. The van der Waals surface area contributed by atoms with Crippen LogP contribution < -0.4 is 26.0 Å². The lowest BCUT2D eigenvalue weighted by molar-refractivity contribution is 0.386. The molecule has 3 aliphatic rings. The predicted octanol–water partition coefficient (Wildman–Crippen LogP) is 3.84. The number of hydrogen-bond donors (Lipinski definition) is 3. The van der Waals surface area contributed by atoms with Crippen molar-refractivity contribution in [2.75, 3.05) is 12.0 Å². The van der Waals surface area contributed by atoms with Crippen LogP contribution in [0.4, 0.5) is 10.1 Å². The zero-order chi connectivity index (χ0) is 21.6. The molecular formula is C23H35FN6O. The fourth-order valence-corrected chi connectivity index (χ4v) is 4.78. The third kappa shape index (κ3) is 5.47. The first-order chi connectivity index (χ1) is 15.1. The number of anilines is 1. The third-order valence-corrected chi connectivity index (χ3v) is 6.50. The Labute approximate surface area is 184 Å². The Balaban J connectivity index is 1.58. The molecule has 1 aromatic carbocycles. The van der Waals surface area contributed by atoms with Gasteiger partial charge < -0.3 is 15.4 Å². The summed E-state index contributed by atoms with van der Waals surface area (Å²) in [4.78, 5) is 11.2. The maximum Gasteiger partial charge on any atom is 0.224 e. The Morgan fingerprint density at radius 2 is 1.58 bits per heavy atom. The highest BCUT2D eigenvalue weighted by atomic mass is 19.1. The summed E-state index contributed by atoms with van der Waals surface area (Å²) in [5.74, 6) is 0.973. The fourth-order valence-electron chi connectivity index (χ4n) is 4.78. The van der Waals surface area contributed by atoms with Gasteiger partial charge in [-0.2, -0.15) is 4.99 Å². The zero-order valence-electron chi connectivity index (χ0n) is 18.4. The lowest BCUT2D eigenvalue weighted by Gasteiger charge is -2.36. The van der Waals surface area contributed by atoms with E-state index in [2.05, 4.69) is 15.6 Å². The number of guanidine groups is 2. The van der Waals surface area contributed by atoms with E-state index in [1.807, 2.05) is 0 Å². The number of hydrogen-bond acceptors (Lipinski definition) is 7. The quantitative estimate of drug-likeness (QED) is 0.632. The van der Waals surface area contributed by atoms with Crippen LogP contribution in [-0.2, 0) is 0 Å². The molecule has 1 aliphatic heterocycles. The molecule has 4 rings (SSSR count). The van der Waals surface area contributed by atoms with Gasteiger partial charge in [0.2, 0.25) is 11.9 Å². The molecule has 2 aliphatic carbocycles. The van der Waals surface area contributed by atoms with Crippen molar-refractivity contribution < 1.29 is 9.13 Å². The predicted molar refractivity (Wildman–Crippen MR) is 123 cm³/mol. The average molecular weight is 431 g/mol. The second-order valence-corrected chi connectivity index (χ2v) is 8.80. The van der Waals surface area contributed by atoms with Crippen LogP contribution in [0.3, 0.4) is 0 Å². The van der Waals surface area contributed by atoms with Gasteiger partial charge in [-0.05, 0) is 37.8 Å². The monoisotopic (exact) mass is 430 g/mol. The first kappa shape index (κ1) is 21.9. The van der Waals surface area contributed by atoms with E-state index < -0.39 is 12.1 Å². The summed E-state index contributed by atoms with van der Waals surface area (Å²) in [5.41, 5.74) is 7.08. The van der Waals surface area contributed by atoms with Crippen molar-refractivity contribution in [3.8, 4) is 5.75 Å². The van der Waals surface area contributed by atoms with E-state index >= 15 is 0 Å². The SMILES string of the molecule is COc1ccc(N2C(NC3CCCCC3)=NC(NC3CCCCCC3)=NC2N)cc1F. The van der Waals surface area contributed by atoms with Gasteiger partial charge in [0.1, 0.15) is 0 Å². The molecule has 0 saturated heterocycles. The minimum absolute atomic E-state index is 0.201. The number of halogens is 1. The number of nitrogens with two attached hydrogens (primary N) is 1. The molecule has 0 spiro atoms. The van der Waals surface area contributed by atoms with Gasteiger partial charge in [0.05, 0.1) is 12.8 Å². The molecule has 170 valence electrons. The van der Waals surface area contributed by atoms with E-state index in [9.17, 15) is 4.39 Å². The van der Waals surface area contributed by atoms with Crippen LogP contribution in [0.25, 0.3) is 0 Å². The van der Waals surface area contributed by atoms with Gasteiger partial charge in [0, 0.05) is 18.2 Å². The van der Waals surface area contributed by atoms with Crippen LogP contribution in [-0.4, -0.2) is 37.4 Å². The van der Waals surface area contributed by atoms with Gasteiger partial charge >= 0.3 is 0 Å². The summed E-state index contributed by atoms with van der Waals surface area (Å²) >= 11 is 0. The number of ether oxygens (including phenoxy) is 1. The van der Waals surface area contributed by atoms with Crippen LogP contribution in [0.15, 0.2) is 28.2 Å². The summed E-state index contributed by atoms with van der Waals surface area (Å²) in [7, 11) is 1.46.